The summed E-state index contributed by atoms with van der Waals surface area (Å²) in [5, 5.41) is 7.31. The molecule has 1 aromatic heterocycles. The molecule has 2 heterocycles. The summed E-state index contributed by atoms with van der Waals surface area (Å²) in [7, 11) is 2.69. The summed E-state index contributed by atoms with van der Waals surface area (Å²) >= 11 is 1.48. The predicted octanol–water partition coefficient (Wildman–Crippen LogP) is 3.09. The molecule has 0 spiro atoms. The molecule has 30 heavy (non-hydrogen) atoms. The number of hydrogen-bond acceptors (Lipinski definition) is 8. The number of benzene rings is 1. The minimum atomic E-state index is -1.23. The van der Waals surface area contributed by atoms with E-state index in [2.05, 4.69) is 15.6 Å². The van der Waals surface area contributed by atoms with Gasteiger partial charge in [0, 0.05) is 16.6 Å². The lowest BCUT2D eigenvalue weighted by Crippen LogP contribution is -2.65. The molecule has 0 aliphatic carbocycles. The number of esters is 2. The molecule has 160 valence electrons. The molecule has 2 N–H and O–H groups in total. The molecule has 0 radical (unpaired) electrons. The van der Waals surface area contributed by atoms with Crippen molar-refractivity contribution in [1.29, 1.82) is 0 Å². The van der Waals surface area contributed by atoms with Crippen molar-refractivity contribution in [3.05, 3.63) is 57.7 Å². The van der Waals surface area contributed by atoms with E-state index in [0.717, 1.165) is 16.1 Å². The van der Waals surface area contributed by atoms with Crippen LogP contribution in [0.3, 0.4) is 0 Å². The number of anilines is 1. The summed E-state index contributed by atoms with van der Waals surface area (Å²) in [5.74, 6) is -0.969. The molecule has 7 nitrogen and oxygen atoms in total. The molecule has 0 saturated heterocycles. The number of methoxy groups -OCH3 is 2. The molecule has 1 aliphatic heterocycles. The summed E-state index contributed by atoms with van der Waals surface area (Å²) in [6.45, 7) is 7.63. The maximum atomic E-state index is 13.4. The molecule has 1 aliphatic rings. The zero-order valence-electron chi connectivity index (χ0n) is 18.0. The lowest BCUT2D eigenvalue weighted by Gasteiger charge is -2.47. The zero-order valence-corrected chi connectivity index (χ0v) is 18.8. The van der Waals surface area contributed by atoms with E-state index in [9.17, 15) is 9.59 Å². The van der Waals surface area contributed by atoms with E-state index < -0.39 is 23.4 Å². The van der Waals surface area contributed by atoms with Crippen LogP contribution in [0.5, 0.6) is 0 Å². The highest BCUT2D eigenvalue weighted by atomic mass is 32.1. The van der Waals surface area contributed by atoms with E-state index in [1.807, 2.05) is 58.0 Å². The number of aryl methyl sites for hydroxylation is 2. The molecule has 2 aromatic rings. The topological polar surface area (TPSA) is 89.5 Å². The first-order chi connectivity index (χ1) is 14.3. The van der Waals surface area contributed by atoms with Crippen molar-refractivity contribution < 1.29 is 19.1 Å². The highest BCUT2D eigenvalue weighted by molar-refractivity contribution is 7.15. The molecule has 3 unspecified atom stereocenters. The predicted molar refractivity (Wildman–Crippen MR) is 116 cm³/mol. The number of carbonyl (C=O) groups excluding carboxylic acids is 2. The molecule has 0 saturated carbocycles. The van der Waals surface area contributed by atoms with E-state index in [1.54, 1.807) is 0 Å². The Labute approximate surface area is 180 Å². The van der Waals surface area contributed by atoms with Crippen molar-refractivity contribution in [3.63, 3.8) is 0 Å². The standard InChI is InChI=1S/C22H27N3O4S/c1-12-14(3)30-21(24-12)25-18-17(19(26)28-5)13(2)23-15(4)22(18,20(27)29-6)16-10-8-7-9-11-16/h7-11,15,18,23H,1-6H3,(H,24,25). The van der Waals surface area contributed by atoms with Crippen LogP contribution in [0.15, 0.2) is 41.6 Å². The van der Waals surface area contributed by atoms with Crippen molar-refractivity contribution in [3.8, 4) is 0 Å². The van der Waals surface area contributed by atoms with Crippen LogP contribution in [-0.2, 0) is 24.5 Å². The van der Waals surface area contributed by atoms with Gasteiger partial charge in [-0.2, -0.15) is 0 Å². The fourth-order valence-corrected chi connectivity index (χ4v) is 4.99. The maximum Gasteiger partial charge on any atom is 0.337 e. The number of carbonyl (C=O) groups is 2. The lowest BCUT2D eigenvalue weighted by atomic mass is 9.64. The Hall–Kier alpha value is -2.87. The molecule has 1 aromatic carbocycles. The molecular weight excluding hydrogens is 402 g/mol. The largest absolute Gasteiger partial charge is 0.468 e. The number of ether oxygens (including phenoxy) is 2. The van der Waals surface area contributed by atoms with Crippen LogP contribution < -0.4 is 10.6 Å². The van der Waals surface area contributed by atoms with Gasteiger partial charge in [-0.05, 0) is 33.3 Å². The van der Waals surface area contributed by atoms with Gasteiger partial charge in [-0.1, -0.05) is 30.3 Å². The SMILES string of the molecule is COC(=O)C1=C(C)NC(C)C(C(=O)OC)(c2ccccc2)C1Nc1nc(C)c(C)s1. The van der Waals surface area contributed by atoms with E-state index >= 15 is 0 Å². The minimum Gasteiger partial charge on any atom is -0.468 e. The van der Waals surface area contributed by atoms with Gasteiger partial charge in [-0.3, -0.25) is 4.79 Å². The Morgan fingerprint density at radius 2 is 1.80 bits per heavy atom. The third-order valence-corrected chi connectivity index (χ3v) is 6.74. The number of nitrogens with zero attached hydrogens (tertiary/aromatic N) is 1. The van der Waals surface area contributed by atoms with Gasteiger partial charge < -0.3 is 20.1 Å². The van der Waals surface area contributed by atoms with Gasteiger partial charge in [0.15, 0.2) is 5.13 Å². The third kappa shape index (κ3) is 3.45. The Morgan fingerprint density at radius 1 is 1.13 bits per heavy atom. The summed E-state index contributed by atoms with van der Waals surface area (Å²) in [5.41, 5.74) is 1.39. The second-order valence-electron chi connectivity index (χ2n) is 7.36. The van der Waals surface area contributed by atoms with Gasteiger partial charge in [0.05, 0.1) is 31.5 Å². The first-order valence-corrected chi connectivity index (χ1v) is 10.5. The second kappa shape index (κ2) is 8.47. The molecule has 3 rings (SSSR count). The Morgan fingerprint density at radius 3 is 2.33 bits per heavy atom. The summed E-state index contributed by atoms with van der Waals surface area (Å²) < 4.78 is 10.4. The van der Waals surface area contributed by atoms with E-state index in [4.69, 9.17) is 9.47 Å². The summed E-state index contributed by atoms with van der Waals surface area (Å²) in [6.07, 6.45) is 0. The quantitative estimate of drug-likeness (QED) is 0.706. The highest BCUT2D eigenvalue weighted by Gasteiger charge is 2.58. The minimum absolute atomic E-state index is 0.343. The van der Waals surface area contributed by atoms with Gasteiger partial charge in [0.25, 0.3) is 0 Å². The molecule has 0 amide bonds. The number of rotatable bonds is 5. The van der Waals surface area contributed by atoms with Gasteiger partial charge in [-0.25, -0.2) is 9.78 Å². The number of nitrogens with one attached hydrogen (secondary N) is 2. The maximum absolute atomic E-state index is 13.4. The van der Waals surface area contributed by atoms with Crippen LogP contribution >= 0.6 is 11.3 Å². The van der Waals surface area contributed by atoms with E-state index in [0.29, 0.717) is 16.4 Å². The fraction of sp³-hybridized carbons (Fsp3) is 0.409. The molecule has 0 fully saturated rings. The van der Waals surface area contributed by atoms with Crippen LogP contribution in [0, 0.1) is 13.8 Å². The van der Waals surface area contributed by atoms with Crippen LogP contribution in [-0.4, -0.2) is 43.2 Å². The fourth-order valence-electron chi connectivity index (χ4n) is 4.15. The van der Waals surface area contributed by atoms with Gasteiger partial charge in [-0.15, -0.1) is 11.3 Å². The first-order valence-electron chi connectivity index (χ1n) is 9.67. The van der Waals surface area contributed by atoms with E-state index in [-0.39, 0.29) is 6.04 Å². The molecule has 8 heteroatoms. The Balaban J connectivity index is 2.30. The monoisotopic (exact) mass is 429 g/mol. The smallest absolute Gasteiger partial charge is 0.337 e. The Kier molecular flexibility index (Phi) is 6.17. The lowest BCUT2D eigenvalue weighted by molar-refractivity contribution is -0.149. The van der Waals surface area contributed by atoms with Crippen LogP contribution in [0.2, 0.25) is 0 Å². The van der Waals surface area contributed by atoms with Crippen LogP contribution in [0.1, 0.15) is 30.0 Å². The van der Waals surface area contributed by atoms with Crippen molar-refractivity contribution in [2.75, 3.05) is 19.5 Å². The number of hydrogen-bond donors (Lipinski definition) is 2. The van der Waals surface area contributed by atoms with Gasteiger partial charge in [0.1, 0.15) is 5.41 Å². The number of thiazole rings is 1. The van der Waals surface area contributed by atoms with E-state index in [1.165, 1.54) is 25.6 Å². The second-order valence-corrected chi connectivity index (χ2v) is 8.56. The van der Waals surface area contributed by atoms with Gasteiger partial charge in [0.2, 0.25) is 0 Å². The number of aromatic nitrogens is 1. The average molecular weight is 430 g/mol. The van der Waals surface area contributed by atoms with Crippen molar-refractivity contribution in [2.45, 2.75) is 45.2 Å². The Bertz CT molecular complexity index is 966. The molecule has 0 bridgehead atoms. The van der Waals surface area contributed by atoms with Crippen molar-refractivity contribution in [1.82, 2.24) is 10.3 Å². The van der Waals surface area contributed by atoms with Crippen LogP contribution in [0.25, 0.3) is 0 Å². The first kappa shape index (κ1) is 21.8. The average Bonchev–Trinajstić information content (AvgIpc) is 3.05. The van der Waals surface area contributed by atoms with Crippen molar-refractivity contribution >= 4 is 28.4 Å². The molecule has 3 atom stereocenters. The summed E-state index contributed by atoms with van der Waals surface area (Å²) in [6, 6.07) is 8.24. The third-order valence-electron chi connectivity index (χ3n) is 5.74. The number of allylic oxidation sites excluding steroid dienone is 1. The highest BCUT2D eigenvalue weighted by Crippen LogP contribution is 2.43. The van der Waals surface area contributed by atoms with Gasteiger partial charge >= 0.3 is 11.9 Å². The van der Waals surface area contributed by atoms with Crippen LogP contribution in [0.4, 0.5) is 5.13 Å². The molecular formula is C22H27N3O4S. The van der Waals surface area contributed by atoms with Crippen molar-refractivity contribution in [2.24, 2.45) is 0 Å². The normalized spacial score (nSPS) is 23.5. The zero-order chi connectivity index (χ0) is 22.1. The summed E-state index contributed by atoms with van der Waals surface area (Å²) in [4.78, 5) is 31.9.